The molecular weight excluding hydrogens is 530 g/mol. The number of nitrogens with zero attached hydrogens (tertiary/aromatic N) is 7. The van der Waals surface area contributed by atoms with Gasteiger partial charge in [0, 0.05) is 17.7 Å². The van der Waals surface area contributed by atoms with E-state index in [4.69, 9.17) is 11.6 Å². The number of aryl methyl sites for hydroxylation is 1. The fourth-order valence-corrected chi connectivity index (χ4v) is 4.45. The van der Waals surface area contributed by atoms with E-state index >= 15 is 0 Å². The number of benzene rings is 1. The Morgan fingerprint density at radius 3 is 2.62 bits per heavy atom. The summed E-state index contributed by atoms with van der Waals surface area (Å²) in [6.07, 6.45) is 5.54. The lowest BCUT2D eigenvalue weighted by molar-refractivity contribution is 0.0920. The van der Waals surface area contributed by atoms with Crippen molar-refractivity contribution in [2.24, 2.45) is 0 Å². The van der Waals surface area contributed by atoms with Gasteiger partial charge < -0.3 is 10.6 Å². The summed E-state index contributed by atoms with van der Waals surface area (Å²) >= 11 is 6.43. The molecule has 11 nitrogen and oxygen atoms in total. The second-order valence-electron chi connectivity index (χ2n) is 10.8. The number of halogens is 1. The maximum atomic E-state index is 13.8. The van der Waals surface area contributed by atoms with Crippen LogP contribution in [0.5, 0.6) is 0 Å². The van der Waals surface area contributed by atoms with Gasteiger partial charge in [0.2, 0.25) is 0 Å². The first-order valence-corrected chi connectivity index (χ1v) is 13.2. The predicted octanol–water partition coefficient (Wildman–Crippen LogP) is 4.40. The molecule has 1 aliphatic rings. The van der Waals surface area contributed by atoms with Crippen LogP contribution in [0.15, 0.2) is 42.7 Å². The summed E-state index contributed by atoms with van der Waals surface area (Å²) in [6, 6.07) is 10.1. The fourth-order valence-electron chi connectivity index (χ4n) is 4.24. The highest BCUT2D eigenvalue weighted by Gasteiger charge is 2.27. The standard InChI is InChI=1S/C28H28ClN9O2/c1-16-10-17(13-30)11-20(26(39)34-28(2,3)4)24(16)33-27(40)23-12-19(15-37-32-14-22(36-37)18-7-8-18)35-38(23)25-21(29)6-5-9-31-25/h5-6,9-12,14,18H,7-8,15H2,1-4H3,(H,33,40)(H,34,39). The minimum absolute atomic E-state index is 0.149. The van der Waals surface area contributed by atoms with Crippen molar-refractivity contribution in [3.63, 3.8) is 0 Å². The molecule has 0 unspecified atom stereocenters. The maximum Gasteiger partial charge on any atom is 0.274 e. The van der Waals surface area contributed by atoms with E-state index in [9.17, 15) is 14.9 Å². The Kier molecular flexibility index (Phi) is 7.12. The van der Waals surface area contributed by atoms with Gasteiger partial charge in [0.15, 0.2) is 5.82 Å². The molecule has 40 heavy (non-hydrogen) atoms. The molecule has 1 aromatic carbocycles. The molecule has 1 fully saturated rings. The highest BCUT2D eigenvalue weighted by molar-refractivity contribution is 6.32. The van der Waals surface area contributed by atoms with E-state index in [1.54, 1.807) is 48.4 Å². The first-order chi connectivity index (χ1) is 19.0. The number of hydrogen-bond donors (Lipinski definition) is 2. The van der Waals surface area contributed by atoms with Crippen LogP contribution < -0.4 is 10.6 Å². The Hall–Kier alpha value is -4.56. The van der Waals surface area contributed by atoms with E-state index in [0.29, 0.717) is 27.8 Å². The molecule has 0 atom stereocenters. The van der Waals surface area contributed by atoms with Crippen molar-refractivity contribution in [1.82, 2.24) is 35.1 Å². The molecule has 0 bridgehead atoms. The third-order valence-corrected chi connectivity index (χ3v) is 6.52. The molecule has 4 aromatic rings. The molecule has 2 amide bonds. The number of carbonyl (C=O) groups is 2. The molecule has 12 heteroatoms. The lowest BCUT2D eigenvalue weighted by atomic mass is 10.0. The van der Waals surface area contributed by atoms with Gasteiger partial charge >= 0.3 is 0 Å². The molecule has 1 saturated carbocycles. The number of anilines is 1. The SMILES string of the molecule is Cc1cc(C#N)cc(C(=O)NC(C)(C)C)c1NC(=O)c1cc(Cn2ncc(C3CC3)n2)nn1-c1ncccc1Cl. The number of aromatic nitrogens is 6. The number of rotatable bonds is 7. The van der Waals surface area contributed by atoms with Crippen molar-refractivity contribution in [3.8, 4) is 11.9 Å². The topological polar surface area (TPSA) is 143 Å². The van der Waals surface area contributed by atoms with E-state index in [2.05, 4.69) is 37.0 Å². The molecule has 0 saturated heterocycles. The van der Waals surface area contributed by atoms with Crippen molar-refractivity contribution in [2.75, 3.05) is 5.32 Å². The Morgan fingerprint density at radius 2 is 1.95 bits per heavy atom. The summed E-state index contributed by atoms with van der Waals surface area (Å²) in [7, 11) is 0. The Bertz CT molecular complexity index is 1650. The highest BCUT2D eigenvalue weighted by atomic mass is 35.5. The molecule has 0 spiro atoms. The molecule has 3 aromatic heterocycles. The molecule has 0 aliphatic heterocycles. The number of pyridine rings is 1. The summed E-state index contributed by atoms with van der Waals surface area (Å²) in [5, 5.41) is 29.1. The van der Waals surface area contributed by atoms with E-state index in [1.165, 1.54) is 10.7 Å². The van der Waals surface area contributed by atoms with Gasteiger partial charge in [-0.2, -0.15) is 25.4 Å². The summed E-state index contributed by atoms with van der Waals surface area (Å²) in [5.41, 5.74) is 2.41. The Balaban J connectivity index is 1.52. The van der Waals surface area contributed by atoms with E-state index in [0.717, 1.165) is 18.5 Å². The van der Waals surface area contributed by atoms with Crippen LogP contribution in [0, 0.1) is 18.3 Å². The van der Waals surface area contributed by atoms with Gasteiger partial charge in [-0.05, 0) is 76.4 Å². The Morgan fingerprint density at radius 1 is 1.18 bits per heavy atom. The molecule has 1 aliphatic carbocycles. The van der Waals surface area contributed by atoms with Gasteiger partial charge in [-0.1, -0.05) is 11.6 Å². The van der Waals surface area contributed by atoms with Gasteiger partial charge in [-0.25, -0.2) is 9.67 Å². The number of hydrogen-bond acceptors (Lipinski definition) is 7. The molecule has 204 valence electrons. The van der Waals surface area contributed by atoms with E-state index in [-0.39, 0.29) is 29.3 Å². The lowest BCUT2D eigenvalue weighted by Crippen LogP contribution is -2.41. The van der Waals surface area contributed by atoms with Crippen LogP contribution in [0.4, 0.5) is 5.69 Å². The van der Waals surface area contributed by atoms with E-state index < -0.39 is 17.4 Å². The normalized spacial score (nSPS) is 13.1. The Labute approximate surface area is 236 Å². The molecule has 2 N–H and O–H groups in total. The molecule has 5 rings (SSSR count). The molecule has 3 heterocycles. The minimum Gasteiger partial charge on any atom is -0.347 e. The van der Waals surface area contributed by atoms with Crippen molar-refractivity contribution < 1.29 is 9.59 Å². The predicted molar refractivity (Wildman–Crippen MR) is 149 cm³/mol. The van der Waals surface area contributed by atoms with Crippen LogP contribution in [0.1, 0.15) is 82.9 Å². The quantitative estimate of drug-likeness (QED) is 0.343. The van der Waals surface area contributed by atoms with Crippen LogP contribution in [-0.2, 0) is 6.54 Å². The second-order valence-corrected chi connectivity index (χ2v) is 11.2. The molecular formula is C28H28ClN9O2. The van der Waals surface area contributed by atoms with Gasteiger partial charge in [-0.3, -0.25) is 9.59 Å². The highest BCUT2D eigenvalue weighted by Crippen LogP contribution is 2.38. The number of amides is 2. The zero-order valence-corrected chi connectivity index (χ0v) is 23.3. The smallest absolute Gasteiger partial charge is 0.274 e. The van der Waals surface area contributed by atoms with Crippen molar-refractivity contribution >= 4 is 29.1 Å². The average Bonchev–Trinajstić information content (AvgIpc) is 3.50. The fraction of sp³-hybridized carbons (Fsp3) is 0.321. The van der Waals surface area contributed by atoms with Gasteiger partial charge in [-0.15, -0.1) is 0 Å². The van der Waals surface area contributed by atoms with Gasteiger partial charge in [0.1, 0.15) is 12.2 Å². The van der Waals surface area contributed by atoms with Crippen LogP contribution in [-0.4, -0.2) is 47.1 Å². The first-order valence-electron chi connectivity index (χ1n) is 12.8. The maximum absolute atomic E-state index is 13.8. The minimum atomic E-state index is -0.537. The monoisotopic (exact) mass is 557 g/mol. The third-order valence-electron chi connectivity index (χ3n) is 6.22. The van der Waals surface area contributed by atoms with Crippen LogP contribution in [0.2, 0.25) is 5.02 Å². The summed E-state index contributed by atoms with van der Waals surface area (Å²) in [5.74, 6) is -0.221. The van der Waals surface area contributed by atoms with Crippen LogP contribution in [0.25, 0.3) is 5.82 Å². The first kappa shape index (κ1) is 27.0. The van der Waals surface area contributed by atoms with Crippen LogP contribution in [0.3, 0.4) is 0 Å². The third kappa shape index (κ3) is 5.87. The van der Waals surface area contributed by atoms with Gasteiger partial charge in [0.25, 0.3) is 11.8 Å². The van der Waals surface area contributed by atoms with Crippen molar-refractivity contribution in [3.05, 3.63) is 81.5 Å². The number of nitriles is 1. The van der Waals surface area contributed by atoms with Crippen molar-refractivity contribution in [2.45, 2.75) is 58.5 Å². The van der Waals surface area contributed by atoms with Gasteiger partial charge in [0.05, 0.1) is 45.5 Å². The largest absolute Gasteiger partial charge is 0.347 e. The summed E-state index contributed by atoms with van der Waals surface area (Å²) < 4.78 is 1.37. The van der Waals surface area contributed by atoms with Crippen molar-refractivity contribution in [1.29, 1.82) is 5.26 Å². The zero-order chi connectivity index (χ0) is 28.6. The zero-order valence-electron chi connectivity index (χ0n) is 22.6. The van der Waals surface area contributed by atoms with Crippen LogP contribution >= 0.6 is 11.6 Å². The molecule has 0 radical (unpaired) electrons. The number of nitrogens with one attached hydrogen (secondary N) is 2. The second kappa shape index (κ2) is 10.5. The summed E-state index contributed by atoms with van der Waals surface area (Å²) in [4.78, 5) is 32.8. The average molecular weight is 558 g/mol. The number of carbonyl (C=O) groups excluding carboxylic acids is 2. The lowest BCUT2D eigenvalue weighted by Gasteiger charge is -2.22. The van der Waals surface area contributed by atoms with E-state index in [1.807, 2.05) is 20.8 Å². The summed E-state index contributed by atoms with van der Waals surface area (Å²) in [6.45, 7) is 7.51.